The molecule has 3 rings (SSSR count). The number of ether oxygens (including phenoxy) is 1. The third-order valence-electron chi connectivity index (χ3n) is 3.05. The zero-order chi connectivity index (χ0) is 10.6. The van der Waals surface area contributed by atoms with Crippen LogP contribution in [0.1, 0.15) is 25.5 Å². The molecule has 1 atom stereocenters. The van der Waals surface area contributed by atoms with Crippen LogP contribution in [-0.4, -0.2) is 15.2 Å². The second-order valence-electron chi connectivity index (χ2n) is 4.70. The molecular weight excluding hydrogens is 188 g/mol. The second-order valence-corrected chi connectivity index (χ2v) is 4.70. The molecule has 3 nitrogen and oxygen atoms in total. The summed E-state index contributed by atoms with van der Waals surface area (Å²) in [5, 5.41) is 0. The van der Waals surface area contributed by atoms with Crippen molar-refractivity contribution in [1.82, 2.24) is 9.55 Å². The van der Waals surface area contributed by atoms with Gasteiger partial charge in [0, 0.05) is 7.05 Å². The Morgan fingerprint density at radius 2 is 2.13 bits per heavy atom. The van der Waals surface area contributed by atoms with Crippen molar-refractivity contribution in [3.8, 4) is 0 Å². The summed E-state index contributed by atoms with van der Waals surface area (Å²) >= 11 is 0. The summed E-state index contributed by atoms with van der Waals surface area (Å²) in [7, 11) is 2.01. The summed E-state index contributed by atoms with van der Waals surface area (Å²) in [5.41, 5.74) is 3.44. The molecule has 78 valence electrons. The fourth-order valence-corrected chi connectivity index (χ4v) is 2.06. The molecule has 0 amide bonds. The number of fused-ring (bicyclic) bond motifs is 1. The largest absolute Gasteiger partial charge is 0.362 e. The molecule has 0 radical (unpaired) electrons. The lowest BCUT2D eigenvalue weighted by atomic mass is 10.0. The zero-order valence-corrected chi connectivity index (χ0v) is 9.19. The average Bonchev–Trinajstić information content (AvgIpc) is 2.67. The van der Waals surface area contributed by atoms with E-state index >= 15 is 0 Å². The van der Waals surface area contributed by atoms with Crippen LogP contribution in [0.15, 0.2) is 24.5 Å². The minimum atomic E-state index is 0.00244. The number of nitrogens with zero attached hydrogens (tertiary/aromatic N) is 2. The summed E-state index contributed by atoms with van der Waals surface area (Å²) in [6.45, 7) is 4.22. The van der Waals surface area contributed by atoms with Gasteiger partial charge in [0.25, 0.3) is 0 Å². The Hall–Kier alpha value is -1.35. The fraction of sp³-hybridized carbons (Fsp3) is 0.417. The molecule has 15 heavy (non-hydrogen) atoms. The molecule has 0 bridgehead atoms. The van der Waals surface area contributed by atoms with Gasteiger partial charge in [0.15, 0.2) is 0 Å². The van der Waals surface area contributed by atoms with Gasteiger partial charge in [-0.3, -0.25) is 0 Å². The molecule has 0 spiro atoms. The topological polar surface area (TPSA) is 30.4 Å². The van der Waals surface area contributed by atoms with E-state index in [-0.39, 0.29) is 11.7 Å². The van der Waals surface area contributed by atoms with Crippen molar-refractivity contribution in [2.75, 3.05) is 0 Å². The Labute approximate surface area is 88.7 Å². The first kappa shape index (κ1) is 8.92. The van der Waals surface area contributed by atoms with E-state index in [0.717, 1.165) is 11.0 Å². The highest BCUT2D eigenvalue weighted by atomic mass is 16.6. The summed E-state index contributed by atoms with van der Waals surface area (Å²) in [5.74, 6) is 0. The lowest BCUT2D eigenvalue weighted by Crippen LogP contribution is -1.97. The third kappa shape index (κ3) is 1.27. The van der Waals surface area contributed by atoms with Crippen molar-refractivity contribution in [3.05, 3.63) is 30.1 Å². The maximum absolute atomic E-state index is 5.61. The molecule has 0 saturated carbocycles. The Kier molecular flexibility index (Phi) is 1.55. The van der Waals surface area contributed by atoms with E-state index in [0.29, 0.717) is 0 Å². The molecule has 1 saturated heterocycles. The van der Waals surface area contributed by atoms with E-state index in [1.54, 1.807) is 0 Å². The van der Waals surface area contributed by atoms with Gasteiger partial charge in [-0.2, -0.15) is 0 Å². The SMILES string of the molecule is Cn1cnc2cc(C3OC3(C)C)ccc21. The number of hydrogen-bond donors (Lipinski definition) is 0. The number of hydrogen-bond acceptors (Lipinski definition) is 2. The lowest BCUT2D eigenvalue weighted by molar-refractivity contribution is 0.325. The van der Waals surface area contributed by atoms with E-state index in [4.69, 9.17) is 4.74 Å². The average molecular weight is 202 g/mol. The van der Waals surface area contributed by atoms with Gasteiger partial charge in [0.2, 0.25) is 0 Å². The molecule has 2 aromatic rings. The highest BCUT2D eigenvalue weighted by Gasteiger charge is 2.48. The molecule has 1 unspecified atom stereocenters. The smallest absolute Gasteiger partial charge is 0.112 e. The van der Waals surface area contributed by atoms with E-state index in [1.165, 1.54) is 5.56 Å². The zero-order valence-electron chi connectivity index (χ0n) is 9.19. The molecule has 1 aliphatic rings. The van der Waals surface area contributed by atoms with E-state index < -0.39 is 0 Å². The molecule has 3 heteroatoms. The Bertz CT molecular complexity index is 527. The molecule has 1 aromatic heterocycles. The Morgan fingerprint density at radius 1 is 1.40 bits per heavy atom. The minimum Gasteiger partial charge on any atom is -0.362 e. The van der Waals surface area contributed by atoms with Crippen LogP contribution in [-0.2, 0) is 11.8 Å². The van der Waals surface area contributed by atoms with Crippen molar-refractivity contribution in [2.45, 2.75) is 25.6 Å². The van der Waals surface area contributed by atoms with Crippen molar-refractivity contribution in [2.24, 2.45) is 7.05 Å². The van der Waals surface area contributed by atoms with Crippen molar-refractivity contribution in [3.63, 3.8) is 0 Å². The summed E-state index contributed by atoms with van der Waals surface area (Å²) in [6, 6.07) is 6.35. The number of aromatic nitrogens is 2. The van der Waals surface area contributed by atoms with Crippen LogP contribution in [0.4, 0.5) is 0 Å². The maximum atomic E-state index is 5.61. The number of epoxide rings is 1. The third-order valence-corrected chi connectivity index (χ3v) is 3.05. The minimum absolute atomic E-state index is 0.00244. The van der Waals surface area contributed by atoms with E-state index in [2.05, 4.69) is 37.0 Å². The quantitative estimate of drug-likeness (QED) is 0.665. The predicted molar refractivity (Wildman–Crippen MR) is 58.6 cm³/mol. The first-order valence-electron chi connectivity index (χ1n) is 5.17. The highest BCUT2D eigenvalue weighted by Crippen LogP contribution is 2.49. The second kappa shape index (κ2) is 2.61. The van der Waals surface area contributed by atoms with Crippen LogP contribution in [0.25, 0.3) is 11.0 Å². The molecule has 1 aliphatic heterocycles. The molecule has 1 fully saturated rings. The summed E-state index contributed by atoms with van der Waals surface area (Å²) in [6.07, 6.45) is 2.08. The van der Waals surface area contributed by atoms with Crippen LogP contribution in [0.5, 0.6) is 0 Å². The number of benzene rings is 1. The van der Waals surface area contributed by atoms with Crippen LogP contribution in [0, 0.1) is 0 Å². The molecule has 0 aliphatic carbocycles. The lowest BCUT2D eigenvalue weighted by Gasteiger charge is -1.99. The summed E-state index contributed by atoms with van der Waals surface area (Å²) in [4.78, 5) is 4.34. The van der Waals surface area contributed by atoms with Crippen molar-refractivity contribution >= 4 is 11.0 Å². The van der Waals surface area contributed by atoms with Crippen LogP contribution < -0.4 is 0 Å². The van der Waals surface area contributed by atoms with Gasteiger partial charge in [0.1, 0.15) is 6.10 Å². The maximum Gasteiger partial charge on any atom is 0.112 e. The van der Waals surface area contributed by atoms with Gasteiger partial charge in [0.05, 0.1) is 23.0 Å². The molecule has 2 heterocycles. The van der Waals surface area contributed by atoms with Crippen LogP contribution >= 0.6 is 0 Å². The van der Waals surface area contributed by atoms with E-state index in [1.807, 2.05) is 17.9 Å². The fourth-order valence-electron chi connectivity index (χ4n) is 2.06. The van der Waals surface area contributed by atoms with Crippen LogP contribution in [0.2, 0.25) is 0 Å². The van der Waals surface area contributed by atoms with Gasteiger partial charge in [-0.15, -0.1) is 0 Å². The predicted octanol–water partition coefficient (Wildman–Crippen LogP) is 2.42. The summed E-state index contributed by atoms with van der Waals surface area (Å²) < 4.78 is 7.64. The monoisotopic (exact) mass is 202 g/mol. The Balaban J connectivity index is 2.08. The number of rotatable bonds is 1. The van der Waals surface area contributed by atoms with Gasteiger partial charge in [-0.05, 0) is 31.5 Å². The highest BCUT2D eigenvalue weighted by molar-refractivity contribution is 5.76. The van der Waals surface area contributed by atoms with E-state index in [9.17, 15) is 0 Å². The van der Waals surface area contributed by atoms with Crippen molar-refractivity contribution < 1.29 is 4.74 Å². The van der Waals surface area contributed by atoms with Gasteiger partial charge in [-0.25, -0.2) is 4.98 Å². The Morgan fingerprint density at radius 3 is 2.80 bits per heavy atom. The molecular formula is C12H14N2O. The standard InChI is InChI=1S/C12H14N2O/c1-12(2)11(15-12)8-4-5-10-9(6-8)13-7-14(10)3/h4-7,11H,1-3H3. The number of imidazole rings is 1. The van der Waals surface area contributed by atoms with Crippen LogP contribution in [0.3, 0.4) is 0 Å². The van der Waals surface area contributed by atoms with Gasteiger partial charge in [-0.1, -0.05) is 6.07 Å². The number of aryl methyl sites for hydroxylation is 1. The van der Waals surface area contributed by atoms with Gasteiger partial charge < -0.3 is 9.30 Å². The molecule has 0 N–H and O–H groups in total. The first-order valence-corrected chi connectivity index (χ1v) is 5.17. The molecule has 1 aromatic carbocycles. The van der Waals surface area contributed by atoms with Crippen molar-refractivity contribution in [1.29, 1.82) is 0 Å². The normalized spacial score (nSPS) is 23.3. The van der Waals surface area contributed by atoms with Gasteiger partial charge >= 0.3 is 0 Å². The first-order chi connectivity index (χ1) is 7.08.